The molecule has 144 valence electrons. The predicted octanol–water partition coefficient (Wildman–Crippen LogP) is 0.672. The van der Waals surface area contributed by atoms with Gasteiger partial charge in [0.25, 0.3) is 11.5 Å². The molecule has 9 heteroatoms. The number of hydrogen-bond donors (Lipinski definition) is 2. The molecule has 0 radical (unpaired) electrons. The van der Waals surface area contributed by atoms with Crippen LogP contribution in [0.2, 0.25) is 0 Å². The number of pyridine rings is 1. The SMILES string of the molecule is COc1ccc2c(c1)c(OC)c(C(=O)NCC(=O)O)c(=O)n2OCC1CC1. The van der Waals surface area contributed by atoms with Gasteiger partial charge in [-0.2, -0.15) is 0 Å². The first kappa shape index (κ1) is 18.6. The van der Waals surface area contributed by atoms with Gasteiger partial charge in [0.2, 0.25) is 0 Å². The Hall–Kier alpha value is -3.23. The van der Waals surface area contributed by atoms with Crippen LogP contribution in [-0.4, -0.2) is 49.1 Å². The fourth-order valence-corrected chi connectivity index (χ4v) is 2.69. The number of methoxy groups -OCH3 is 2. The Morgan fingerprint density at radius 3 is 2.59 bits per heavy atom. The lowest BCUT2D eigenvalue weighted by atomic mass is 10.1. The number of carbonyl (C=O) groups excluding carboxylic acids is 1. The van der Waals surface area contributed by atoms with Crippen molar-refractivity contribution in [3.8, 4) is 11.5 Å². The number of carboxylic acid groups (broad SMARTS) is 1. The number of nitrogens with one attached hydrogen (secondary N) is 1. The maximum Gasteiger partial charge on any atom is 0.322 e. The van der Waals surface area contributed by atoms with Gasteiger partial charge >= 0.3 is 5.97 Å². The van der Waals surface area contributed by atoms with E-state index in [4.69, 9.17) is 19.4 Å². The third-order valence-corrected chi connectivity index (χ3v) is 4.26. The molecule has 1 aromatic heterocycles. The highest BCUT2D eigenvalue weighted by atomic mass is 16.7. The monoisotopic (exact) mass is 376 g/mol. The number of carbonyl (C=O) groups is 2. The average molecular weight is 376 g/mol. The fourth-order valence-electron chi connectivity index (χ4n) is 2.69. The average Bonchev–Trinajstić information content (AvgIpc) is 3.48. The molecule has 1 aliphatic carbocycles. The fraction of sp³-hybridized carbons (Fsp3) is 0.389. The Morgan fingerprint density at radius 1 is 1.26 bits per heavy atom. The van der Waals surface area contributed by atoms with Crippen LogP contribution < -0.4 is 25.2 Å². The van der Waals surface area contributed by atoms with Crippen LogP contribution >= 0.6 is 0 Å². The van der Waals surface area contributed by atoms with Crippen LogP contribution in [0.25, 0.3) is 10.9 Å². The highest BCUT2D eigenvalue weighted by Gasteiger charge is 2.27. The quantitative estimate of drug-likeness (QED) is 0.696. The second kappa shape index (κ2) is 7.56. The molecule has 0 spiro atoms. The van der Waals surface area contributed by atoms with Gasteiger partial charge in [0.1, 0.15) is 24.7 Å². The number of nitrogens with zero attached hydrogens (tertiary/aromatic N) is 1. The zero-order valence-corrected chi connectivity index (χ0v) is 15.0. The molecule has 1 heterocycles. The highest BCUT2D eigenvalue weighted by molar-refractivity contribution is 6.03. The molecule has 0 unspecified atom stereocenters. The molecule has 1 aliphatic rings. The Balaban J connectivity index is 2.18. The number of rotatable bonds is 8. The number of aliphatic carboxylic acids is 1. The molecular weight excluding hydrogens is 356 g/mol. The van der Waals surface area contributed by atoms with Gasteiger partial charge in [-0.3, -0.25) is 14.4 Å². The van der Waals surface area contributed by atoms with E-state index < -0.39 is 24.0 Å². The molecule has 1 fully saturated rings. The lowest BCUT2D eigenvalue weighted by Crippen LogP contribution is -2.38. The molecule has 2 aromatic rings. The van der Waals surface area contributed by atoms with Crippen molar-refractivity contribution in [2.24, 2.45) is 5.92 Å². The Morgan fingerprint density at radius 2 is 2.00 bits per heavy atom. The molecule has 3 rings (SSSR count). The van der Waals surface area contributed by atoms with Gasteiger partial charge in [-0.05, 0) is 37.0 Å². The van der Waals surface area contributed by atoms with Crippen LogP contribution in [0, 0.1) is 5.92 Å². The van der Waals surface area contributed by atoms with E-state index >= 15 is 0 Å². The Kier molecular flexibility index (Phi) is 5.20. The molecule has 0 atom stereocenters. The third kappa shape index (κ3) is 3.81. The van der Waals surface area contributed by atoms with Gasteiger partial charge in [0.05, 0.1) is 19.7 Å². The molecule has 27 heavy (non-hydrogen) atoms. The van der Waals surface area contributed by atoms with Crippen LogP contribution in [-0.2, 0) is 4.79 Å². The van der Waals surface area contributed by atoms with Crippen molar-refractivity contribution in [1.29, 1.82) is 0 Å². The van der Waals surface area contributed by atoms with Crippen LogP contribution in [0.5, 0.6) is 11.5 Å². The van der Waals surface area contributed by atoms with Crippen LogP contribution in [0.3, 0.4) is 0 Å². The maximum atomic E-state index is 13.0. The number of fused-ring (bicyclic) bond motifs is 1. The normalized spacial score (nSPS) is 13.3. The van der Waals surface area contributed by atoms with E-state index in [1.807, 2.05) is 0 Å². The number of benzene rings is 1. The number of carboxylic acids is 1. The van der Waals surface area contributed by atoms with Crippen molar-refractivity contribution < 1.29 is 29.0 Å². The largest absolute Gasteiger partial charge is 0.497 e. The minimum absolute atomic E-state index is 0.0306. The smallest absolute Gasteiger partial charge is 0.322 e. The van der Waals surface area contributed by atoms with Crippen molar-refractivity contribution in [3.63, 3.8) is 0 Å². The standard InChI is InChI=1S/C18H20N2O7/c1-25-11-5-6-13-12(7-11)16(26-2)15(17(23)19-8-14(21)22)18(24)20(13)27-9-10-3-4-10/h5-7,10H,3-4,8-9H2,1-2H3,(H,19,23)(H,21,22). The summed E-state index contributed by atoms with van der Waals surface area (Å²) in [6, 6.07) is 4.94. The lowest BCUT2D eigenvalue weighted by molar-refractivity contribution is -0.135. The molecule has 0 bridgehead atoms. The Bertz CT molecular complexity index is 947. The molecule has 1 aromatic carbocycles. The second-order valence-corrected chi connectivity index (χ2v) is 6.21. The van der Waals surface area contributed by atoms with Gasteiger partial charge < -0.3 is 24.7 Å². The van der Waals surface area contributed by atoms with Crippen molar-refractivity contribution in [3.05, 3.63) is 34.1 Å². The third-order valence-electron chi connectivity index (χ3n) is 4.26. The van der Waals surface area contributed by atoms with Crippen molar-refractivity contribution >= 4 is 22.8 Å². The summed E-state index contributed by atoms with van der Waals surface area (Å²) in [4.78, 5) is 41.9. The molecule has 1 amide bonds. The van der Waals surface area contributed by atoms with E-state index in [9.17, 15) is 14.4 Å². The van der Waals surface area contributed by atoms with Crippen LogP contribution in [0.1, 0.15) is 23.2 Å². The molecular formula is C18H20N2O7. The summed E-state index contributed by atoms with van der Waals surface area (Å²) >= 11 is 0. The minimum atomic E-state index is -1.23. The minimum Gasteiger partial charge on any atom is -0.497 e. The topological polar surface area (TPSA) is 116 Å². The first-order chi connectivity index (χ1) is 13.0. The zero-order valence-electron chi connectivity index (χ0n) is 15.0. The predicted molar refractivity (Wildman–Crippen MR) is 95.5 cm³/mol. The van der Waals surface area contributed by atoms with Crippen molar-refractivity contribution in [1.82, 2.24) is 10.0 Å². The molecule has 9 nitrogen and oxygen atoms in total. The number of hydrogen-bond acceptors (Lipinski definition) is 6. The molecule has 0 saturated heterocycles. The lowest BCUT2D eigenvalue weighted by Gasteiger charge is -2.17. The molecule has 2 N–H and O–H groups in total. The Labute approximate surface area is 154 Å². The van der Waals surface area contributed by atoms with Gasteiger partial charge in [-0.1, -0.05) is 0 Å². The summed E-state index contributed by atoms with van der Waals surface area (Å²) in [5.41, 5.74) is -0.614. The van der Waals surface area contributed by atoms with Gasteiger partial charge in [-0.15, -0.1) is 4.73 Å². The van der Waals surface area contributed by atoms with E-state index in [1.165, 1.54) is 14.2 Å². The van der Waals surface area contributed by atoms with E-state index in [0.29, 0.717) is 29.2 Å². The van der Waals surface area contributed by atoms with E-state index in [2.05, 4.69) is 5.32 Å². The van der Waals surface area contributed by atoms with E-state index in [-0.39, 0.29) is 11.3 Å². The number of aromatic nitrogens is 1. The summed E-state index contributed by atoms with van der Waals surface area (Å²) in [6.45, 7) is -0.274. The van der Waals surface area contributed by atoms with E-state index in [1.54, 1.807) is 18.2 Å². The summed E-state index contributed by atoms with van der Waals surface area (Å²) in [7, 11) is 2.82. The van der Waals surface area contributed by atoms with Gasteiger partial charge in [0, 0.05) is 5.39 Å². The van der Waals surface area contributed by atoms with Gasteiger partial charge in [-0.25, -0.2) is 0 Å². The van der Waals surface area contributed by atoms with E-state index in [0.717, 1.165) is 17.6 Å². The van der Waals surface area contributed by atoms with Gasteiger partial charge in [0.15, 0.2) is 5.56 Å². The summed E-state index contributed by atoms with van der Waals surface area (Å²) in [5.74, 6) is -1.16. The summed E-state index contributed by atoms with van der Waals surface area (Å²) < 4.78 is 11.6. The molecule has 0 aliphatic heterocycles. The summed E-state index contributed by atoms with van der Waals surface area (Å²) in [5, 5.41) is 11.4. The number of amides is 1. The zero-order chi connectivity index (χ0) is 19.6. The maximum absolute atomic E-state index is 13.0. The highest BCUT2D eigenvalue weighted by Crippen LogP contribution is 2.31. The molecule has 1 saturated carbocycles. The van der Waals surface area contributed by atoms with Crippen molar-refractivity contribution in [2.45, 2.75) is 12.8 Å². The second-order valence-electron chi connectivity index (χ2n) is 6.21. The first-order valence-corrected chi connectivity index (χ1v) is 8.40. The first-order valence-electron chi connectivity index (χ1n) is 8.40. The summed E-state index contributed by atoms with van der Waals surface area (Å²) in [6.07, 6.45) is 2.06. The van der Waals surface area contributed by atoms with Crippen LogP contribution in [0.15, 0.2) is 23.0 Å². The van der Waals surface area contributed by atoms with Crippen LogP contribution in [0.4, 0.5) is 0 Å². The van der Waals surface area contributed by atoms with Crippen molar-refractivity contribution in [2.75, 3.05) is 27.4 Å². The number of ether oxygens (including phenoxy) is 2.